The first kappa shape index (κ1) is 17.6. The summed E-state index contributed by atoms with van der Waals surface area (Å²) >= 11 is 1.57. The molecule has 0 fully saturated rings. The number of thioether (sulfide) groups is 1. The Morgan fingerprint density at radius 3 is 2.00 bits per heavy atom. The molecule has 0 saturated carbocycles. The summed E-state index contributed by atoms with van der Waals surface area (Å²) in [7, 11) is 0. The Morgan fingerprint density at radius 2 is 1.41 bits per heavy atom. The molecule has 1 aliphatic rings. The van der Waals surface area contributed by atoms with Crippen molar-refractivity contribution < 1.29 is 4.79 Å². The highest BCUT2D eigenvalue weighted by atomic mass is 32.2. The summed E-state index contributed by atoms with van der Waals surface area (Å²) in [5, 5.41) is 2.00. The lowest BCUT2D eigenvalue weighted by molar-refractivity contribution is -0.112. The molecule has 0 saturated heterocycles. The van der Waals surface area contributed by atoms with E-state index >= 15 is 0 Å². The molecule has 3 aromatic carbocycles. The maximum absolute atomic E-state index is 12.6. The third kappa shape index (κ3) is 3.68. The highest BCUT2D eigenvalue weighted by Crippen LogP contribution is 2.44. The summed E-state index contributed by atoms with van der Waals surface area (Å²) < 4.78 is 0. The van der Waals surface area contributed by atoms with Crippen molar-refractivity contribution in [1.29, 1.82) is 0 Å². The van der Waals surface area contributed by atoms with Crippen LogP contribution in [0.3, 0.4) is 0 Å². The van der Waals surface area contributed by atoms with Crippen molar-refractivity contribution in [3.05, 3.63) is 107 Å². The van der Waals surface area contributed by atoms with Crippen LogP contribution < -0.4 is 10.4 Å². The number of benzene rings is 3. The fourth-order valence-electron chi connectivity index (χ4n) is 3.14. The number of nitrogens with one attached hydrogen (secondary N) is 1. The molecule has 1 N–H and O–H groups in total. The maximum Gasteiger partial charge on any atom is 0.168 e. The van der Waals surface area contributed by atoms with Gasteiger partial charge in [-0.3, -0.25) is 9.80 Å². The van der Waals surface area contributed by atoms with Gasteiger partial charge in [0.15, 0.2) is 5.78 Å². The number of para-hydroxylation sites is 1. The van der Waals surface area contributed by atoms with Gasteiger partial charge in [0.2, 0.25) is 0 Å². The van der Waals surface area contributed by atoms with Crippen molar-refractivity contribution in [1.82, 2.24) is 5.43 Å². The molecular formula is C23H20N2OS. The van der Waals surface area contributed by atoms with Crippen molar-refractivity contribution in [2.45, 2.75) is 12.3 Å². The average molecular weight is 372 g/mol. The van der Waals surface area contributed by atoms with Crippen molar-refractivity contribution in [2.75, 3.05) is 5.01 Å². The zero-order valence-corrected chi connectivity index (χ0v) is 15.8. The predicted octanol–water partition coefficient (Wildman–Crippen LogP) is 5.40. The first-order chi connectivity index (χ1) is 13.2. The van der Waals surface area contributed by atoms with Crippen LogP contribution in [0.25, 0.3) is 5.70 Å². The third-order valence-electron chi connectivity index (χ3n) is 4.40. The highest BCUT2D eigenvalue weighted by molar-refractivity contribution is 8.04. The molecule has 4 heteroatoms. The van der Waals surface area contributed by atoms with E-state index in [9.17, 15) is 4.79 Å². The van der Waals surface area contributed by atoms with Crippen LogP contribution in [0.1, 0.15) is 23.4 Å². The van der Waals surface area contributed by atoms with Crippen LogP contribution >= 0.6 is 11.8 Å². The normalized spacial score (nSPS) is 17.1. The van der Waals surface area contributed by atoms with Gasteiger partial charge in [0.25, 0.3) is 0 Å². The second-order valence-electron chi connectivity index (χ2n) is 6.31. The van der Waals surface area contributed by atoms with Crippen molar-refractivity contribution in [3.63, 3.8) is 0 Å². The first-order valence-electron chi connectivity index (χ1n) is 8.87. The Balaban J connectivity index is 1.88. The van der Waals surface area contributed by atoms with E-state index in [1.807, 2.05) is 83.9 Å². The van der Waals surface area contributed by atoms with E-state index < -0.39 is 0 Å². The van der Waals surface area contributed by atoms with Crippen molar-refractivity contribution in [3.8, 4) is 0 Å². The van der Waals surface area contributed by atoms with Gasteiger partial charge >= 0.3 is 0 Å². The Labute approximate surface area is 163 Å². The van der Waals surface area contributed by atoms with Gasteiger partial charge in [-0.1, -0.05) is 90.6 Å². The zero-order chi connectivity index (χ0) is 18.6. The molecule has 3 nitrogen and oxygen atoms in total. The fourth-order valence-corrected chi connectivity index (χ4v) is 4.31. The lowest BCUT2D eigenvalue weighted by atomic mass is 10.1. The Hall–Kier alpha value is -2.82. The van der Waals surface area contributed by atoms with E-state index in [4.69, 9.17) is 0 Å². The number of allylic oxidation sites excluding steroid dienone is 1. The standard InChI is InChI=1S/C23H20N2OS/c1-17(26)22-21(18-11-5-2-6-12-18)25(20-15-9-4-10-16-20)24-23(27-22)19-13-7-3-8-14-19/h2-16,23-24H,1H3. The molecule has 0 aliphatic carbocycles. The number of hydrogen-bond donors (Lipinski definition) is 1. The van der Waals surface area contributed by atoms with Gasteiger partial charge in [0.1, 0.15) is 5.37 Å². The molecule has 134 valence electrons. The van der Waals surface area contributed by atoms with Crippen molar-refractivity contribution in [2.24, 2.45) is 0 Å². The highest BCUT2D eigenvalue weighted by Gasteiger charge is 2.31. The van der Waals surface area contributed by atoms with E-state index in [0.717, 1.165) is 27.4 Å². The van der Waals surface area contributed by atoms with E-state index in [0.29, 0.717) is 0 Å². The number of hydrazine groups is 1. The molecular weight excluding hydrogens is 352 g/mol. The minimum atomic E-state index is -0.0437. The molecule has 27 heavy (non-hydrogen) atoms. The minimum absolute atomic E-state index is 0.0437. The van der Waals surface area contributed by atoms with Gasteiger partial charge in [-0.05, 0) is 24.6 Å². The lowest BCUT2D eigenvalue weighted by Gasteiger charge is -2.38. The van der Waals surface area contributed by atoms with E-state index in [1.54, 1.807) is 18.7 Å². The molecule has 3 aromatic rings. The largest absolute Gasteiger partial charge is 0.294 e. The summed E-state index contributed by atoms with van der Waals surface area (Å²) in [6.07, 6.45) is 0. The Morgan fingerprint density at radius 1 is 0.852 bits per heavy atom. The van der Waals surface area contributed by atoms with Crippen LogP contribution in [0.4, 0.5) is 5.69 Å². The summed E-state index contributed by atoms with van der Waals surface area (Å²) in [6, 6.07) is 30.4. The van der Waals surface area contributed by atoms with Crippen LogP contribution in [0.5, 0.6) is 0 Å². The summed E-state index contributed by atoms with van der Waals surface area (Å²) in [6.45, 7) is 1.64. The predicted molar refractivity (Wildman–Crippen MR) is 113 cm³/mol. The lowest BCUT2D eigenvalue weighted by Crippen LogP contribution is -2.42. The molecule has 4 rings (SSSR count). The number of nitrogens with zero attached hydrogens (tertiary/aromatic N) is 1. The quantitative estimate of drug-likeness (QED) is 0.664. The molecule has 0 bridgehead atoms. The molecule has 1 aliphatic heterocycles. The second kappa shape index (κ2) is 7.82. The van der Waals surface area contributed by atoms with Gasteiger partial charge in [-0.2, -0.15) is 0 Å². The molecule has 0 amide bonds. The molecule has 1 atom stereocenters. The number of Topliss-reactive ketones (excluding diaryl/α,β-unsaturated/α-hetero) is 1. The summed E-state index contributed by atoms with van der Waals surface area (Å²) in [5.74, 6) is 0.0715. The molecule has 0 aromatic heterocycles. The summed E-state index contributed by atoms with van der Waals surface area (Å²) in [4.78, 5) is 13.4. The fraction of sp³-hybridized carbons (Fsp3) is 0.0870. The van der Waals surface area contributed by atoms with E-state index in [2.05, 4.69) is 17.6 Å². The minimum Gasteiger partial charge on any atom is -0.294 e. The maximum atomic E-state index is 12.6. The Kier molecular flexibility index (Phi) is 5.10. The number of hydrogen-bond acceptors (Lipinski definition) is 4. The number of anilines is 1. The third-order valence-corrected chi connectivity index (χ3v) is 5.73. The van der Waals surface area contributed by atoms with E-state index in [1.165, 1.54) is 0 Å². The molecule has 1 unspecified atom stereocenters. The second-order valence-corrected chi connectivity index (χ2v) is 7.42. The first-order valence-corrected chi connectivity index (χ1v) is 9.75. The van der Waals surface area contributed by atoms with Gasteiger partial charge < -0.3 is 0 Å². The number of carbonyl (C=O) groups excluding carboxylic acids is 1. The van der Waals surface area contributed by atoms with Crippen molar-refractivity contribution >= 4 is 28.9 Å². The number of carbonyl (C=O) groups is 1. The molecule has 0 spiro atoms. The van der Waals surface area contributed by atoms with Gasteiger partial charge in [-0.25, -0.2) is 5.43 Å². The zero-order valence-electron chi connectivity index (χ0n) is 15.0. The number of rotatable bonds is 4. The van der Waals surface area contributed by atoms with Crippen LogP contribution in [0.2, 0.25) is 0 Å². The number of ketones is 1. The van der Waals surface area contributed by atoms with Gasteiger partial charge in [0, 0.05) is 5.56 Å². The Bertz CT molecular complexity index is 955. The summed E-state index contributed by atoms with van der Waals surface area (Å²) in [5.41, 5.74) is 7.64. The molecule has 1 heterocycles. The van der Waals surface area contributed by atoms with Crippen LogP contribution in [0, 0.1) is 0 Å². The van der Waals surface area contributed by atoms with E-state index in [-0.39, 0.29) is 11.2 Å². The van der Waals surface area contributed by atoms with Gasteiger partial charge in [-0.15, -0.1) is 0 Å². The van der Waals surface area contributed by atoms with Crippen LogP contribution in [-0.2, 0) is 4.79 Å². The topological polar surface area (TPSA) is 32.3 Å². The molecule has 0 radical (unpaired) electrons. The van der Waals surface area contributed by atoms with Crippen LogP contribution in [-0.4, -0.2) is 5.78 Å². The SMILES string of the molecule is CC(=O)C1=C(c2ccccc2)N(c2ccccc2)NC(c2ccccc2)S1. The monoisotopic (exact) mass is 372 g/mol. The van der Waals surface area contributed by atoms with Gasteiger partial charge in [0.05, 0.1) is 16.3 Å². The smallest absolute Gasteiger partial charge is 0.168 e. The van der Waals surface area contributed by atoms with Crippen LogP contribution in [0.15, 0.2) is 95.9 Å². The average Bonchev–Trinajstić information content (AvgIpc) is 2.74.